The third-order valence-corrected chi connectivity index (χ3v) is 3.06. The predicted octanol–water partition coefficient (Wildman–Crippen LogP) is 4.82. The summed E-state index contributed by atoms with van der Waals surface area (Å²) in [6.45, 7) is 3.21. The number of rotatable bonds is 2. The van der Waals surface area contributed by atoms with Crippen LogP contribution in [0.25, 0.3) is 0 Å². The molecule has 2 rings (SSSR count). The maximum Gasteiger partial charge on any atom is 0.418 e. The molecule has 0 saturated heterocycles. The second-order valence-corrected chi connectivity index (χ2v) is 4.91. The molecular formula is C14H11ClF3NO2. The fourth-order valence-corrected chi connectivity index (χ4v) is 2.08. The average molecular weight is 318 g/mol. The summed E-state index contributed by atoms with van der Waals surface area (Å²) in [6, 6.07) is 4.63. The van der Waals surface area contributed by atoms with Crippen LogP contribution in [0.5, 0.6) is 0 Å². The minimum Gasteiger partial charge on any atom is -0.466 e. The Balaban J connectivity index is 2.36. The molecule has 0 saturated carbocycles. The molecule has 3 nitrogen and oxygen atoms in total. The summed E-state index contributed by atoms with van der Waals surface area (Å²) in [6.07, 6.45) is -4.62. The second kappa shape index (κ2) is 5.44. The van der Waals surface area contributed by atoms with Gasteiger partial charge in [-0.15, -0.1) is 0 Å². The summed E-state index contributed by atoms with van der Waals surface area (Å²) in [7, 11) is 0. The number of hydrogen-bond acceptors (Lipinski definition) is 2. The molecule has 0 fully saturated rings. The van der Waals surface area contributed by atoms with Crippen molar-refractivity contribution in [1.29, 1.82) is 0 Å². The quantitative estimate of drug-likeness (QED) is 0.862. The van der Waals surface area contributed by atoms with E-state index in [0.29, 0.717) is 11.5 Å². The summed E-state index contributed by atoms with van der Waals surface area (Å²) < 4.78 is 44.0. The normalized spacial score (nSPS) is 11.5. The van der Waals surface area contributed by atoms with Gasteiger partial charge in [0.15, 0.2) is 0 Å². The second-order valence-electron chi connectivity index (χ2n) is 4.47. The average Bonchev–Trinajstić information content (AvgIpc) is 2.69. The van der Waals surface area contributed by atoms with Crippen molar-refractivity contribution in [2.75, 3.05) is 5.32 Å². The summed E-state index contributed by atoms with van der Waals surface area (Å²) in [5.41, 5.74) is -1.16. The monoisotopic (exact) mass is 317 g/mol. The third-order valence-electron chi connectivity index (χ3n) is 2.82. The number of amides is 1. The van der Waals surface area contributed by atoms with E-state index in [0.717, 1.165) is 12.1 Å². The highest BCUT2D eigenvalue weighted by Crippen LogP contribution is 2.36. The van der Waals surface area contributed by atoms with Gasteiger partial charge in [0.05, 0.1) is 16.8 Å². The highest BCUT2D eigenvalue weighted by molar-refractivity contribution is 6.30. The van der Waals surface area contributed by atoms with Crippen molar-refractivity contribution in [3.05, 3.63) is 51.9 Å². The van der Waals surface area contributed by atoms with Gasteiger partial charge >= 0.3 is 6.18 Å². The number of aryl methyl sites for hydroxylation is 2. The standard InChI is InChI=1S/C14H11ClF3NO2/c1-7-5-10(8(2)21-7)13(20)19-12-4-3-9(15)6-11(12)14(16,17)18/h3-6H,1-2H3,(H,19,20). The van der Waals surface area contributed by atoms with Gasteiger partial charge in [-0.3, -0.25) is 4.79 Å². The molecule has 7 heteroatoms. The maximum atomic E-state index is 12.9. The number of nitrogens with one attached hydrogen (secondary N) is 1. The first-order valence-electron chi connectivity index (χ1n) is 5.93. The Labute approximate surface area is 123 Å². The minimum absolute atomic E-state index is 0.0596. The molecular weight excluding hydrogens is 307 g/mol. The van der Waals surface area contributed by atoms with Crippen molar-refractivity contribution in [2.24, 2.45) is 0 Å². The Morgan fingerprint density at radius 3 is 2.43 bits per heavy atom. The lowest BCUT2D eigenvalue weighted by Gasteiger charge is -2.13. The van der Waals surface area contributed by atoms with Gasteiger partial charge in [-0.2, -0.15) is 13.2 Å². The fourth-order valence-electron chi connectivity index (χ4n) is 1.91. The number of carbonyl (C=O) groups excluding carboxylic acids is 1. The van der Waals surface area contributed by atoms with E-state index < -0.39 is 17.6 Å². The molecule has 1 heterocycles. The van der Waals surface area contributed by atoms with Gasteiger partial charge in [0, 0.05) is 5.02 Å². The van der Waals surface area contributed by atoms with Crippen molar-refractivity contribution >= 4 is 23.2 Å². The van der Waals surface area contributed by atoms with Crippen LogP contribution in [-0.4, -0.2) is 5.91 Å². The molecule has 0 bridgehead atoms. The van der Waals surface area contributed by atoms with Crippen molar-refractivity contribution in [1.82, 2.24) is 0 Å². The van der Waals surface area contributed by atoms with Gasteiger partial charge in [0.1, 0.15) is 11.5 Å². The molecule has 0 aliphatic carbocycles. The van der Waals surface area contributed by atoms with E-state index in [2.05, 4.69) is 5.32 Å². The van der Waals surface area contributed by atoms with Crippen molar-refractivity contribution in [3.63, 3.8) is 0 Å². The van der Waals surface area contributed by atoms with Crippen LogP contribution in [0.1, 0.15) is 27.4 Å². The summed E-state index contributed by atoms with van der Waals surface area (Å²) in [4.78, 5) is 12.0. The Morgan fingerprint density at radius 2 is 1.90 bits per heavy atom. The third kappa shape index (κ3) is 3.39. The topological polar surface area (TPSA) is 42.2 Å². The molecule has 2 aromatic rings. The number of benzene rings is 1. The summed E-state index contributed by atoms with van der Waals surface area (Å²) in [5.74, 6) is 0.175. The fraction of sp³-hybridized carbons (Fsp3) is 0.214. The van der Waals surface area contributed by atoms with Crippen LogP contribution < -0.4 is 5.32 Å². The van der Waals surface area contributed by atoms with Crippen molar-refractivity contribution < 1.29 is 22.4 Å². The Kier molecular flexibility index (Phi) is 4.00. The Morgan fingerprint density at radius 1 is 1.24 bits per heavy atom. The lowest BCUT2D eigenvalue weighted by Crippen LogP contribution is -2.16. The van der Waals surface area contributed by atoms with Gasteiger partial charge in [0.25, 0.3) is 5.91 Å². The molecule has 1 amide bonds. The lowest BCUT2D eigenvalue weighted by molar-refractivity contribution is -0.136. The lowest BCUT2D eigenvalue weighted by atomic mass is 10.1. The van der Waals surface area contributed by atoms with Gasteiger partial charge in [-0.1, -0.05) is 11.6 Å². The van der Waals surface area contributed by atoms with Crippen LogP contribution in [0.3, 0.4) is 0 Å². The van der Waals surface area contributed by atoms with E-state index in [1.807, 2.05) is 0 Å². The number of anilines is 1. The molecule has 1 N–H and O–H groups in total. The molecule has 0 atom stereocenters. The van der Waals surface area contributed by atoms with Gasteiger partial charge in [-0.25, -0.2) is 0 Å². The Hall–Kier alpha value is -1.95. The molecule has 112 valence electrons. The van der Waals surface area contributed by atoms with Gasteiger partial charge < -0.3 is 9.73 Å². The van der Waals surface area contributed by atoms with E-state index in [9.17, 15) is 18.0 Å². The largest absolute Gasteiger partial charge is 0.466 e. The van der Waals surface area contributed by atoms with Crippen molar-refractivity contribution in [2.45, 2.75) is 20.0 Å². The van der Waals surface area contributed by atoms with Gasteiger partial charge in [-0.05, 0) is 38.1 Å². The van der Waals surface area contributed by atoms with E-state index in [1.54, 1.807) is 13.8 Å². The molecule has 1 aromatic carbocycles. The zero-order valence-electron chi connectivity index (χ0n) is 11.1. The molecule has 0 unspecified atom stereocenters. The van der Waals surface area contributed by atoms with Crippen LogP contribution >= 0.6 is 11.6 Å². The number of furan rings is 1. The first kappa shape index (κ1) is 15.4. The highest BCUT2D eigenvalue weighted by atomic mass is 35.5. The first-order valence-corrected chi connectivity index (χ1v) is 6.31. The number of hydrogen-bond donors (Lipinski definition) is 1. The predicted molar refractivity (Wildman–Crippen MR) is 72.6 cm³/mol. The van der Waals surface area contributed by atoms with E-state index in [4.69, 9.17) is 16.0 Å². The molecule has 1 aromatic heterocycles. The molecule has 21 heavy (non-hydrogen) atoms. The Bertz CT molecular complexity index is 692. The SMILES string of the molecule is Cc1cc(C(=O)Nc2ccc(Cl)cc2C(F)(F)F)c(C)o1. The molecule has 0 spiro atoms. The molecule has 0 aliphatic heterocycles. The van der Waals surface area contributed by atoms with E-state index in [-0.39, 0.29) is 16.3 Å². The molecule has 0 aliphatic rings. The smallest absolute Gasteiger partial charge is 0.418 e. The highest BCUT2D eigenvalue weighted by Gasteiger charge is 2.34. The zero-order valence-corrected chi connectivity index (χ0v) is 11.9. The van der Waals surface area contributed by atoms with E-state index >= 15 is 0 Å². The van der Waals surface area contributed by atoms with Crippen LogP contribution in [0.15, 0.2) is 28.7 Å². The van der Waals surface area contributed by atoms with Crippen LogP contribution in [0.2, 0.25) is 5.02 Å². The van der Waals surface area contributed by atoms with Crippen molar-refractivity contribution in [3.8, 4) is 0 Å². The van der Waals surface area contributed by atoms with Gasteiger partial charge in [0.2, 0.25) is 0 Å². The number of alkyl halides is 3. The van der Waals surface area contributed by atoms with Crippen LogP contribution in [0, 0.1) is 13.8 Å². The van der Waals surface area contributed by atoms with Crippen LogP contribution in [0.4, 0.5) is 18.9 Å². The van der Waals surface area contributed by atoms with Crippen LogP contribution in [-0.2, 0) is 6.18 Å². The maximum absolute atomic E-state index is 12.9. The molecule has 0 radical (unpaired) electrons. The number of carbonyl (C=O) groups is 1. The first-order chi connectivity index (χ1) is 9.68. The summed E-state index contributed by atoms with van der Waals surface area (Å²) >= 11 is 5.58. The summed E-state index contributed by atoms with van der Waals surface area (Å²) in [5, 5.41) is 2.18. The minimum atomic E-state index is -4.62. The number of halogens is 4. The van der Waals surface area contributed by atoms with E-state index in [1.165, 1.54) is 12.1 Å². The zero-order chi connectivity index (χ0) is 15.8.